The van der Waals surface area contributed by atoms with Crippen LogP contribution >= 0.6 is 0 Å². The number of rotatable bonds is 3. The molecule has 1 aliphatic rings. The Morgan fingerprint density at radius 3 is 3.05 bits per heavy atom. The summed E-state index contributed by atoms with van der Waals surface area (Å²) >= 11 is 0. The van der Waals surface area contributed by atoms with Crippen LogP contribution in [-0.2, 0) is 12.8 Å². The van der Waals surface area contributed by atoms with E-state index in [1.807, 2.05) is 6.07 Å². The molecule has 1 aromatic carbocycles. The van der Waals surface area contributed by atoms with Gasteiger partial charge in [-0.1, -0.05) is 25.1 Å². The molecule has 0 radical (unpaired) electrons. The Balaban J connectivity index is 1.96. The lowest BCUT2D eigenvalue weighted by atomic mass is 10.1. The Labute approximate surface area is 117 Å². The van der Waals surface area contributed by atoms with Gasteiger partial charge in [-0.3, -0.25) is 4.79 Å². The number of para-hydroxylation sites is 1. The molecule has 0 N–H and O–H groups in total. The van der Waals surface area contributed by atoms with Crippen LogP contribution in [0, 0.1) is 0 Å². The molecule has 20 heavy (non-hydrogen) atoms. The third kappa shape index (κ3) is 1.95. The van der Waals surface area contributed by atoms with Gasteiger partial charge in [0.15, 0.2) is 0 Å². The van der Waals surface area contributed by atoms with Gasteiger partial charge in [-0.05, 0) is 29.1 Å². The molecule has 2 heterocycles. The molecule has 1 amide bonds. The van der Waals surface area contributed by atoms with Gasteiger partial charge in [-0.25, -0.2) is 0 Å². The molecule has 104 valence electrons. The molecule has 0 unspecified atom stereocenters. The van der Waals surface area contributed by atoms with Crippen LogP contribution in [0.3, 0.4) is 0 Å². The summed E-state index contributed by atoms with van der Waals surface area (Å²) in [7, 11) is 1.49. The van der Waals surface area contributed by atoms with Crippen molar-refractivity contribution in [2.24, 2.45) is 0 Å². The van der Waals surface area contributed by atoms with E-state index in [0.717, 1.165) is 18.5 Å². The van der Waals surface area contributed by atoms with Crippen LogP contribution in [0.2, 0.25) is 0 Å². The number of benzene rings is 1. The number of ether oxygens (including phenoxy) is 1. The molecule has 3 rings (SSSR count). The quantitative estimate of drug-likeness (QED) is 0.861. The van der Waals surface area contributed by atoms with Gasteiger partial charge in [0.25, 0.3) is 11.8 Å². The van der Waals surface area contributed by atoms with Gasteiger partial charge in [0.05, 0.1) is 18.9 Å². The highest BCUT2D eigenvalue weighted by molar-refractivity contribution is 6.06. The lowest BCUT2D eigenvalue weighted by Gasteiger charge is -2.18. The van der Waals surface area contributed by atoms with Gasteiger partial charge in [-0.15, -0.1) is 0 Å². The minimum atomic E-state index is -0.166. The number of aromatic nitrogens is 1. The molecule has 5 heteroatoms. The van der Waals surface area contributed by atoms with Gasteiger partial charge in [0, 0.05) is 6.54 Å². The maximum absolute atomic E-state index is 12.5. The van der Waals surface area contributed by atoms with Gasteiger partial charge in [0.1, 0.15) is 0 Å². The van der Waals surface area contributed by atoms with E-state index in [1.54, 1.807) is 4.90 Å². The molecule has 0 saturated carbocycles. The largest absolute Gasteiger partial charge is 0.479 e. The number of nitrogens with zero attached hydrogens (tertiary/aromatic N) is 2. The fraction of sp³-hybridized carbons (Fsp3) is 0.333. The van der Waals surface area contributed by atoms with E-state index in [9.17, 15) is 4.79 Å². The van der Waals surface area contributed by atoms with Gasteiger partial charge in [0.2, 0.25) is 5.76 Å². The van der Waals surface area contributed by atoms with Crippen molar-refractivity contribution in [3.63, 3.8) is 0 Å². The first-order valence-corrected chi connectivity index (χ1v) is 6.68. The molecule has 1 aliphatic heterocycles. The first kappa shape index (κ1) is 12.7. The monoisotopic (exact) mass is 272 g/mol. The third-order valence-electron chi connectivity index (χ3n) is 3.61. The molecular weight excluding hydrogens is 256 g/mol. The fourth-order valence-electron chi connectivity index (χ4n) is 2.61. The molecule has 0 atom stereocenters. The highest BCUT2D eigenvalue weighted by atomic mass is 16.5. The predicted octanol–water partition coefficient (Wildman–Crippen LogP) is 2.45. The van der Waals surface area contributed by atoms with E-state index in [4.69, 9.17) is 9.26 Å². The normalized spacial score (nSPS) is 13.4. The highest BCUT2D eigenvalue weighted by Gasteiger charge is 2.29. The topological polar surface area (TPSA) is 55.6 Å². The Morgan fingerprint density at radius 1 is 1.50 bits per heavy atom. The van der Waals surface area contributed by atoms with Gasteiger partial charge in [-0.2, -0.15) is 0 Å². The van der Waals surface area contributed by atoms with Crippen LogP contribution in [0.4, 0.5) is 5.69 Å². The van der Waals surface area contributed by atoms with E-state index >= 15 is 0 Å². The van der Waals surface area contributed by atoms with Crippen LogP contribution in [0.15, 0.2) is 28.8 Å². The number of anilines is 1. The summed E-state index contributed by atoms with van der Waals surface area (Å²) in [6, 6.07) is 7.70. The summed E-state index contributed by atoms with van der Waals surface area (Å²) in [5.74, 6) is 0.359. The van der Waals surface area contributed by atoms with Crippen molar-refractivity contribution >= 4 is 11.6 Å². The fourth-order valence-corrected chi connectivity index (χ4v) is 2.61. The van der Waals surface area contributed by atoms with Gasteiger partial charge >= 0.3 is 0 Å². The smallest absolute Gasteiger partial charge is 0.297 e. The number of carbonyl (C=O) groups is 1. The highest BCUT2D eigenvalue weighted by Crippen LogP contribution is 2.33. The summed E-state index contributed by atoms with van der Waals surface area (Å²) in [4.78, 5) is 14.3. The first-order chi connectivity index (χ1) is 9.74. The summed E-state index contributed by atoms with van der Waals surface area (Å²) < 4.78 is 10.00. The number of hydrogen-bond acceptors (Lipinski definition) is 4. The molecule has 0 spiro atoms. The summed E-state index contributed by atoms with van der Waals surface area (Å²) in [6.07, 6.45) is 1.77. The molecular formula is C15H16N2O3. The van der Waals surface area contributed by atoms with Crippen molar-refractivity contribution in [1.82, 2.24) is 5.16 Å². The molecule has 0 aliphatic carbocycles. The minimum Gasteiger partial charge on any atom is -0.479 e. The van der Waals surface area contributed by atoms with Crippen LogP contribution in [0.25, 0.3) is 0 Å². The minimum absolute atomic E-state index is 0.166. The number of amides is 1. The van der Waals surface area contributed by atoms with Crippen LogP contribution in [0.1, 0.15) is 28.6 Å². The molecule has 0 fully saturated rings. The lowest BCUT2D eigenvalue weighted by molar-refractivity contribution is 0.0953. The zero-order chi connectivity index (χ0) is 14.1. The predicted molar refractivity (Wildman–Crippen MR) is 74.3 cm³/mol. The second kappa shape index (κ2) is 5.00. The van der Waals surface area contributed by atoms with E-state index in [0.29, 0.717) is 12.4 Å². The Morgan fingerprint density at radius 2 is 2.35 bits per heavy atom. The lowest BCUT2D eigenvalue weighted by Crippen LogP contribution is -2.29. The second-order valence-corrected chi connectivity index (χ2v) is 4.72. The molecule has 0 bridgehead atoms. The van der Waals surface area contributed by atoms with E-state index in [1.165, 1.54) is 24.3 Å². The molecule has 1 aromatic heterocycles. The van der Waals surface area contributed by atoms with E-state index < -0.39 is 0 Å². The SMILES string of the molecule is CCc1cccc2c1N(C(=O)c1cc(OC)no1)CC2. The van der Waals surface area contributed by atoms with Crippen molar-refractivity contribution < 1.29 is 14.1 Å². The number of aryl methyl sites for hydroxylation is 1. The van der Waals surface area contributed by atoms with Gasteiger partial charge < -0.3 is 14.2 Å². The molecule has 5 nitrogen and oxygen atoms in total. The summed E-state index contributed by atoms with van der Waals surface area (Å²) in [5, 5.41) is 3.68. The number of fused-ring (bicyclic) bond motifs is 1. The Hall–Kier alpha value is -2.30. The number of carbonyl (C=O) groups excluding carboxylic acids is 1. The Kier molecular flexibility index (Phi) is 3.18. The van der Waals surface area contributed by atoms with Crippen LogP contribution < -0.4 is 9.64 Å². The maximum atomic E-state index is 12.5. The molecule has 0 saturated heterocycles. The maximum Gasteiger partial charge on any atom is 0.297 e. The second-order valence-electron chi connectivity index (χ2n) is 4.72. The van der Waals surface area contributed by atoms with E-state index in [-0.39, 0.29) is 11.7 Å². The van der Waals surface area contributed by atoms with Crippen LogP contribution in [-0.4, -0.2) is 24.7 Å². The summed E-state index contributed by atoms with van der Waals surface area (Å²) in [5.41, 5.74) is 3.42. The molecule has 2 aromatic rings. The summed E-state index contributed by atoms with van der Waals surface area (Å²) in [6.45, 7) is 2.77. The van der Waals surface area contributed by atoms with E-state index in [2.05, 4.69) is 24.2 Å². The van der Waals surface area contributed by atoms with Crippen molar-refractivity contribution in [2.75, 3.05) is 18.6 Å². The number of hydrogen-bond donors (Lipinski definition) is 0. The first-order valence-electron chi connectivity index (χ1n) is 6.68. The third-order valence-corrected chi connectivity index (χ3v) is 3.61. The van der Waals surface area contributed by atoms with Crippen molar-refractivity contribution in [3.8, 4) is 5.88 Å². The van der Waals surface area contributed by atoms with Crippen LogP contribution in [0.5, 0.6) is 5.88 Å². The standard InChI is InChI=1S/C15H16N2O3/c1-3-10-5-4-6-11-7-8-17(14(10)11)15(18)12-9-13(19-2)16-20-12/h4-6,9H,3,7-8H2,1-2H3. The Bertz CT molecular complexity index is 648. The zero-order valence-electron chi connectivity index (χ0n) is 11.5. The number of methoxy groups -OCH3 is 1. The van der Waals surface area contributed by atoms with Crippen molar-refractivity contribution in [3.05, 3.63) is 41.2 Å². The average molecular weight is 272 g/mol. The van der Waals surface area contributed by atoms with Crippen molar-refractivity contribution in [1.29, 1.82) is 0 Å². The van der Waals surface area contributed by atoms with Crippen molar-refractivity contribution in [2.45, 2.75) is 19.8 Å². The average Bonchev–Trinajstić information content (AvgIpc) is 3.12. The zero-order valence-corrected chi connectivity index (χ0v) is 11.5.